The van der Waals surface area contributed by atoms with Gasteiger partial charge in [-0.15, -0.1) is 0 Å². The molecule has 1 N–H and O–H groups in total. The first-order valence-corrected chi connectivity index (χ1v) is 8.94. The number of hydrogen-bond acceptors (Lipinski definition) is 4. The molecule has 1 fully saturated rings. The van der Waals surface area contributed by atoms with Crippen molar-refractivity contribution >= 4 is 33.3 Å². The van der Waals surface area contributed by atoms with E-state index in [1.165, 1.54) is 18.4 Å². The fourth-order valence-corrected chi connectivity index (χ4v) is 3.47. The van der Waals surface area contributed by atoms with Gasteiger partial charge in [0, 0.05) is 23.6 Å². The largest absolute Gasteiger partial charge is 0.356 e. The molecule has 0 spiro atoms. The molecular formula is C18H23BrN4. The smallest absolute Gasteiger partial charge is 0.136 e. The maximum atomic E-state index is 4.62. The Kier molecular flexibility index (Phi) is 4.85. The number of aryl methyl sites for hydroxylation is 2. The van der Waals surface area contributed by atoms with Gasteiger partial charge in [-0.3, -0.25) is 0 Å². The number of nitrogens with zero attached hydrogens (tertiary/aromatic N) is 3. The van der Waals surface area contributed by atoms with Crippen molar-refractivity contribution < 1.29 is 0 Å². The van der Waals surface area contributed by atoms with E-state index in [0.29, 0.717) is 0 Å². The van der Waals surface area contributed by atoms with Crippen molar-refractivity contribution in [1.29, 1.82) is 0 Å². The normalized spacial score (nSPS) is 15.7. The van der Waals surface area contributed by atoms with E-state index in [1.54, 1.807) is 0 Å². The van der Waals surface area contributed by atoms with Gasteiger partial charge in [-0.25, -0.2) is 9.97 Å². The van der Waals surface area contributed by atoms with Gasteiger partial charge in [0.25, 0.3) is 0 Å². The van der Waals surface area contributed by atoms with E-state index in [9.17, 15) is 0 Å². The Morgan fingerprint density at radius 1 is 1.13 bits per heavy atom. The van der Waals surface area contributed by atoms with Crippen LogP contribution in [0.1, 0.15) is 31.2 Å². The number of anilines is 3. The Morgan fingerprint density at radius 3 is 2.57 bits per heavy atom. The average molecular weight is 375 g/mol. The van der Waals surface area contributed by atoms with Crippen LogP contribution in [0.2, 0.25) is 0 Å². The van der Waals surface area contributed by atoms with Gasteiger partial charge in [0.05, 0.1) is 5.69 Å². The van der Waals surface area contributed by atoms with E-state index in [2.05, 4.69) is 74.2 Å². The predicted octanol–water partition coefficient (Wildman–Crippen LogP) is 4.84. The predicted molar refractivity (Wildman–Crippen MR) is 99.5 cm³/mol. The van der Waals surface area contributed by atoms with E-state index < -0.39 is 0 Å². The van der Waals surface area contributed by atoms with Crippen molar-refractivity contribution in [3.8, 4) is 0 Å². The zero-order chi connectivity index (χ0) is 16.4. The van der Waals surface area contributed by atoms with Gasteiger partial charge in [0.1, 0.15) is 17.5 Å². The number of benzene rings is 1. The molecule has 3 rings (SSSR count). The minimum atomic E-state index is 0.798. The Labute approximate surface area is 146 Å². The van der Waals surface area contributed by atoms with Crippen molar-refractivity contribution in [3.05, 3.63) is 40.1 Å². The second-order valence-electron chi connectivity index (χ2n) is 6.44. The number of piperidine rings is 1. The number of aromatic nitrogens is 2. The van der Waals surface area contributed by atoms with Gasteiger partial charge in [-0.1, -0.05) is 13.0 Å². The zero-order valence-corrected chi connectivity index (χ0v) is 15.5. The van der Waals surface area contributed by atoms with Crippen molar-refractivity contribution in [2.75, 3.05) is 23.3 Å². The summed E-state index contributed by atoms with van der Waals surface area (Å²) in [6.07, 6.45) is 2.46. The third-order valence-electron chi connectivity index (χ3n) is 4.32. The van der Waals surface area contributed by atoms with Crippen molar-refractivity contribution in [3.63, 3.8) is 0 Å². The summed E-state index contributed by atoms with van der Waals surface area (Å²) in [5.41, 5.74) is 2.25. The Balaban J connectivity index is 1.82. The van der Waals surface area contributed by atoms with E-state index in [-0.39, 0.29) is 0 Å². The summed E-state index contributed by atoms with van der Waals surface area (Å²) in [7, 11) is 0. The molecule has 0 radical (unpaired) electrons. The Morgan fingerprint density at radius 2 is 1.87 bits per heavy atom. The fraction of sp³-hybridized carbons (Fsp3) is 0.444. The zero-order valence-electron chi connectivity index (χ0n) is 13.9. The van der Waals surface area contributed by atoms with Crippen LogP contribution in [0.4, 0.5) is 17.3 Å². The summed E-state index contributed by atoms with van der Waals surface area (Å²) in [5, 5.41) is 3.40. The second kappa shape index (κ2) is 6.87. The standard InChI is InChI=1S/C18H23BrN4/c1-12-6-8-23(9-7-12)18-11-17(20-14(3)21-18)22-16-5-4-13(2)10-15(16)19/h4-5,10-12H,6-9H2,1-3H3,(H,20,21,22). The molecule has 1 aromatic heterocycles. The minimum Gasteiger partial charge on any atom is -0.356 e. The van der Waals surface area contributed by atoms with Crippen molar-refractivity contribution in [2.45, 2.75) is 33.6 Å². The molecule has 1 aliphatic heterocycles. The lowest BCUT2D eigenvalue weighted by molar-refractivity contribution is 0.436. The van der Waals surface area contributed by atoms with Gasteiger partial charge in [0.15, 0.2) is 0 Å². The topological polar surface area (TPSA) is 41.0 Å². The maximum absolute atomic E-state index is 4.62. The van der Waals surface area contributed by atoms with Gasteiger partial charge in [-0.2, -0.15) is 0 Å². The van der Waals surface area contributed by atoms with Crippen LogP contribution < -0.4 is 10.2 Å². The first kappa shape index (κ1) is 16.2. The van der Waals surface area contributed by atoms with E-state index in [1.807, 2.05) is 6.92 Å². The number of rotatable bonds is 3. The van der Waals surface area contributed by atoms with Crippen LogP contribution in [-0.2, 0) is 0 Å². The minimum absolute atomic E-state index is 0.798. The first-order valence-electron chi connectivity index (χ1n) is 8.15. The molecule has 2 aromatic rings. The molecule has 0 bridgehead atoms. The highest BCUT2D eigenvalue weighted by Crippen LogP contribution is 2.28. The molecule has 0 atom stereocenters. The highest BCUT2D eigenvalue weighted by Gasteiger charge is 2.18. The number of halogens is 1. The molecule has 0 amide bonds. The summed E-state index contributed by atoms with van der Waals surface area (Å²) in [6.45, 7) is 8.51. The van der Waals surface area contributed by atoms with Crippen LogP contribution in [0.3, 0.4) is 0 Å². The molecule has 0 saturated carbocycles. The van der Waals surface area contributed by atoms with Gasteiger partial charge in [0.2, 0.25) is 0 Å². The maximum Gasteiger partial charge on any atom is 0.136 e. The highest BCUT2D eigenvalue weighted by atomic mass is 79.9. The van der Waals surface area contributed by atoms with Crippen molar-refractivity contribution in [1.82, 2.24) is 9.97 Å². The molecule has 4 nitrogen and oxygen atoms in total. The lowest BCUT2D eigenvalue weighted by Crippen LogP contribution is -2.33. The van der Waals surface area contributed by atoms with Gasteiger partial charge >= 0.3 is 0 Å². The SMILES string of the molecule is Cc1ccc(Nc2cc(N3CCC(C)CC3)nc(C)n2)c(Br)c1. The average Bonchev–Trinajstić information content (AvgIpc) is 2.50. The third kappa shape index (κ3) is 4.02. The van der Waals surface area contributed by atoms with Gasteiger partial charge < -0.3 is 10.2 Å². The van der Waals surface area contributed by atoms with Crippen LogP contribution >= 0.6 is 15.9 Å². The summed E-state index contributed by atoms with van der Waals surface area (Å²) < 4.78 is 1.04. The Bertz CT molecular complexity index is 693. The first-order chi connectivity index (χ1) is 11.0. The lowest BCUT2D eigenvalue weighted by Gasteiger charge is -2.31. The summed E-state index contributed by atoms with van der Waals surface area (Å²) >= 11 is 3.61. The van der Waals surface area contributed by atoms with Crippen LogP contribution in [0.5, 0.6) is 0 Å². The quantitative estimate of drug-likeness (QED) is 0.834. The fourth-order valence-electron chi connectivity index (χ4n) is 2.88. The van der Waals surface area contributed by atoms with E-state index in [4.69, 9.17) is 0 Å². The molecule has 0 aliphatic carbocycles. The lowest BCUT2D eigenvalue weighted by atomic mass is 9.99. The summed E-state index contributed by atoms with van der Waals surface area (Å²) in [5.74, 6) is 3.48. The molecule has 1 aliphatic rings. The molecule has 122 valence electrons. The molecule has 23 heavy (non-hydrogen) atoms. The molecular weight excluding hydrogens is 352 g/mol. The second-order valence-corrected chi connectivity index (χ2v) is 7.29. The van der Waals surface area contributed by atoms with Gasteiger partial charge in [-0.05, 0) is 66.2 Å². The number of nitrogens with one attached hydrogen (secondary N) is 1. The van der Waals surface area contributed by atoms with E-state index in [0.717, 1.165) is 46.6 Å². The molecule has 1 saturated heterocycles. The van der Waals surface area contributed by atoms with Crippen molar-refractivity contribution in [2.24, 2.45) is 5.92 Å². The molecule has 2 heterocycles. The molecule has 5 heteroatoms. The monoisotopic (exact) mass is 374 g/mol. The molecule has 1 aromatic carbocycles. The van der Waals surface area contributed by atoms with E-state index >= 15 is 0 Å². The highest BCUT2D eigenvalue weighted by molar-refractivity contribution is 9.10. The van der Waals surface area contributed by atoms with Crippen LogP contribution in [0.15, 0.2) is 28.7 Å². The Hall–Kier alpha value is -1.62. The van der Waals surface area contributed by atoms with Crippen LogP contribution in [0.25, 0.3) is 0 Å². The van der Waals surface area contributed by atoms with Crippen LogP contribution in [0, 0.1) is 19.8 Å². The number of hydrogen-bond donors (Lipinski definition) is 1. The third-order valence-corrected chi connectivity index (χ3v) is 4.98. The summed E-state index contributed by atoms with van der Waals surface area (Å²) in [4.78, 5) is 11.5. The van der Waals surface area contributed by atoms with Crippen LogP contribution in [-0.4, -0.2) is 23.1 Å². The summed E-state index contributed by atoms with van der Waals surface area (Å²) in [6, 6.07) is 8.31. The molecule has 0 unspecified atom stereocenters.